The fraction of sp³-hybridized carbons (Fsp3) is 0.421. The summed E-state index contributed by atoms with van der Waals surface area (Å²) in [6.07, 6.45) is 0. The predicted octanol–water partition coefficient (Wildman–Crippen LogP) is 2.56. The summed E-state index contributed by atoms with van der Waals surface area (Å²) in [6.45, 7) is 6.89. The van der Waals surface area contributed by atoms with Crippen LogP contribution < -0.4 is 4.90 Å². The molecule has 1 fully saturated rings. The third-order valence-corrected chi connectivity index (χ3v) is 6.86. The number of anilines is 1. The van der Waals surface area contributed by atoms with Crippen molar-refractivity contribution in [1.29, 1.82) is 0 Å². The van der Waals surface area contributed by atoms with E-state index in [1.807, 2.05) is 34.5 Å². The molecule has 0 radical (unpaired) electrons. The number of thioether (sulfide) groups is 1. The van der Waals surface area contributed by atoms with Crippen LogP contribution in [0.1, 0.15) is 22.4 Å². The number of fused-ring (bicyclic) bond motifs is 1. The van der Waals surface area contributed by atoms with Gasteiger partial charge in [0, 0.05) is 36.5 Å². The first kappa shape index (κ1) is 18.5. The average Bonchev–Trinajstić information content (AvgIpc) is 3.18. The van der Waals surface area contributed by atoms with Gasteiger partial charge in [-0.05, 0) is 18.7 Å². The third-order valence-electron chi connectivity index (χ3n) is 4.98. The standard InChI is InChI=1S/C19H22N4O2S2/c1-2-21-7-9-22(10-8-21)19(25)14-12-27-17(20-14)11-23-15-5-3-4-6-16(15)26-13-18(23)24/h3-6,12H,2,7-11,13H2,1H3. The molecule has 0 spiro atoms. The number of hydrogen-bond acceptors (Lipinski definition) is 6. The summed E-state index contributed by atoms with van der Waals surface area (Å²) in [5.74, 6) is 0.516. The maximum absolute atomic E-state index is 12.7. The van der Waals surface area contributed by atoms with Gasteiger partial charge in [0.1, 0.15) is 10.7 Å². The van der Waals surface area contributed by atoms with Crippen LogP contribution in [-0.4, -0.2) is 65.1 Å². The van der Waals surface area contributed by atoms with Gasteiger partial charge in [0.05, 0.1) is 18.0 Å². The van der Waals surface area contributed by atoms with Crippen LogP contribution in [-0.2, 0) is 11.3 Å². The Morgan fingerprint density at radius 3 is 2.74 bits per heavy atom. The van der Waals surface area contributed by atoms with Gasteiger partial charge in [0.2, 0.25) is 5.91 Å². The Morgan fingerprint density at radius 1 is 1.19 bits per heavy atom. The molecule has 27 heavy (non-hydrogen) atoms. The zero-order valence-electron chi connectivity index (χ0n) is 15.3. The van der Waals surface area contributed by atoms with Gasteiger partial charge in [0.25, 0.3) is 5.91 Å². The van der Waals surface area contributed by atoms with Crippen molar-refractivity contribution in [3.8, 4) is 0 Å². The minimum atomic E-state index is -0.00539. The van der Waals surface area contributed by atoms with Crippen LogP contribution in [0.15, 0.2) is 34.5 Å². The monoisotopic (exact) mass is 402 g/mol. The second-order valence-electron chi connectivity index (χ2n) is 6.59. The molecule has 1 aromatic carbocycles. The summed E-state index contributed by atoms with van der Waals surface area (Å²) in [5, 5.41) is 2.61. The molecule has 1 aromatic heterocycles. The molecular formula is C19H22N4O2S2. The van der Waals surface area contributed by atoms with Crippen LogP contribution >= 0.6 is 23.1 Å². The van der Waals surface area contributed by atoms with Crippen molar-refractivity contribution in [3.05, 3.63) is 40.3 Å². The summed E-state index contributed by atoms with van der Waals surface area (Å²) in [5.41, 5.74) is 1.42. The molecule has 2 amide bonds. The highest BCUT2D eigenvalue weighted by atomic mass is 32.2. The highest BCUT2D eigenvalue weighted by Crippen LogP contribution is 2.36. The largest absolute Gasteiger partial charge is 0.335 e. The number of para-hydroxylation sites is 1. The smallest absolute Gasteiger partial charge is 0.273 e. The number of amides is 2. The molecule has 1 saturated heterocycles. The number of aromatic nitrogens is 1. The molecule has 0 saturated carbocycles. The predicted molar refractivity (Wildman–Crippen MR) is 108 cm³/mol. The summed E-state index contributed by atoms with van der Waals surface area (Å²) < 4.78 is 0. The van der Waals surface area contributed by atoms with Crippen LogP contribution in [0.5, 0.6) is 0 Å². The number of carbonyl (C=O) groups is 2. The number of rotatable bonds is 4. The first-order valence-corrected chi connectivity index (χ1v) is 11.0. The van der Waals surface area contributed by atoms with Crippen LogP contribution in [0, 0.1) is 0 Å². The highest BCUT2D eigenvalue weighted by Gasteiger charge is 2.27. The average molecular weight is 403 g/mol. The lowest BCUT2D eigenvalue weighted by molar-refractivity contribution is -0.116. The molecule has 4 rings (SSSR count). The number of piperazine rings is 1. The topological polar surface area (TPSA) is 56.8 Å². The molecule has 0 N–H and O–H groups in total. The van der Waals surface area contributed by atoms with E-state index in [0.717, 1.165) is 48.3 Å². The van der Waals surface area contributed by atoms with Gasteiger partial charge in [-0.15, -0.1) is 23.1 Å². The van der Waals surface area contributed by atoms with Crippen LogP contribution in [0.4, 0.5) is 5.69 Å². The molecule has 6 nitrogen and oxygen atoms in total. The summed E-state index contributed by atoms with van der Waals surface area (Å²) in [4.78, 5) is 36.8. The second-order valence-corrected chi connectivity index (χ2v) is 8.55. The Labute approximate surface area is 167 Å². The van der Waals surface area contributed by atoms with Crippen LogP contribution in [0.3, 0.4) is 0 Å². The Balaban J connectivity index is 1.46. The molecule has 142 valence electrons. The van der Waals surface area contributed by atoms with Gasteiger partial charge in [-0.25, -0.2) is 4.98 Å². The Hall–Kier alpha value is -1.90. The number of hydrogen-bond donors (Lipinski definition) is 0. The van der Waals surface area contributed by atoms with Gasteiger partial charge in [-0.1, -0.05) is 19.1 Å². The lowest BCUT2D eigenvalue weighted by atomic mass is 10.2. The van der Waals surface area contributed by atoms with E-state index in [-0.39, 0.29) is 11.8 Å². The molecular weight excluding hydrogens is 380 g/mol. The van der Waals surface area contributed by atoms with E-state index >= 15 is 0 Å². The van der Waals surface area contributed by atoms with Crippen LogP contribution in [0.2, 0.25) is 0 Å². The fourth-order valence-corrected chi connectivity index (χ4v) is 5.07. The third kappa shape index (κ3) is 3.88. The van der Waals surface area contributed by atoms with Crippen molar-refractivity contribution in [2.75, 3.05) is 43.4 Å². The molecule has 8 heteroatoms. The van der Waals surface area contributed by atoms with E-state index in [1.54, 1.807) is 16.7 Å². The fourth-order valence-electron chi connectivity index (χ4n) is 3.37. The van der Waals surface area contributed by atoms with E-state index in [9.17, 15) is 9.59 Å². The molecule has 3 heterocycles. The minimum absolute atomic E-state index is 0.00539. The minimum Gasteiger partial charge on any atom is -0.335 e. The maximum atomic E-state index is 12.7. The first-order chi connectivity index (χ1) is 13.2. The second kappa shape index (κ2) is 8.00. The molecule has 2 aliphatic heterocycles. The van der Waals surface area contributed by atoms with Crippen molar-refractivity contribution in [3.63, 3.8) is 0 Å². The Morgan fingerprint density at radius 2 is 1.96 bits per heavy atom. The highest BCUT2D eigenvalue weighted by molar-refractivity contribution is 8.00. The summed E-state index contributed by atoms with van der Waals surface area (Å²) >= 11 is 3.02. The molecule has 0 unspecified atom stereocenters. The number of nitrogens with zero attached hydrogens (tertiary/aromatic N) is 4. The number of carbonyl (C=O) groups excluding carboxylic acids is 2. The van der Waals surface area contributed by atoms with E-state index in [0.29, 0.717) is 18.0 Å². The Kier molecular flexibility index (Phi) is 5.47. The normalized spacial score (nSPS) is 17.9. The summed E-state index contributed by atoms with van der Waals surface area (Å²) in [7, 11) is 0. The van der Waals surface area contributed by atoms with Crippen molar-refractivity contribution in [2.24, 2.45) is 0 Å². The SMILES string of the molecule is CCN1CCN(C(=O)c2csc(CN3C(=O)CSc4ccccc43)n2)CC1. The number of likely N-dealkylation sites (N-methyl/N-ethyl adjacent to an activating group) is 1. The lowest BCUT2D eigenvalue weighted by Gasteiger charge is -2.33. The zero-order valence-corrected chi connectivity index (χ0v) is 16.9. The number of benzene rings is 1. The van der Waals surface area contributed by atoms with E-state index in [2.05, 4.69) is 16.8 Å². The first-order valence-electron chi connectivity index (χ1n) is 9.14. The van der Waals surface area contributed by atoms with E-state index in [4.69, 9.17) is 0 Å². The zero-order chi connectivity index (χ0) is 18.8. The van der Waals surface area contributed by atoms with E-state index < -0.39 is 0 Å². The summed E-state index contributed by atoms with van der Waals surface area (Å²) in [6, 6.07) is 7.93. The van der Waals surface area contributed by atoms with Gasteiger partial charge in [-0.2, -0.15) is 0 Å². The molecule has 0 bridgehead atoms. The quantitative estimate of drug-likeness (QED) is 0.787. The van der Waals surface area contributed by atoms with Crippen molar-refractivity contribution in [1.82, 2.24) is 14.8 Å². The molecule has 2 aliphatic rings. The molecule has 0 aliphatic carbocycles. The van der Waals surface area contributed by atoms with Gasteiger partial charge >= 0.3 is 0 Å². The van der Waals surface area contributed by atoms with Gasteiger partial charge in [0.15, 0.2) is 0 Å². The Bertz CT molecular complexity index is 846. The van der Waals surface area contributed by atoms with Gasteiger partial charge in [-0.3, -0.25) is 9.59 Å². The molecule has 2 aromatic rings. The van der Waals surface area contributed by atoms with Crippen molar-refractivity contribution in [2.45, 2.75) is 18.4 Å². The molecule has 0 atom stereocenters. The lowest BCUT2D eigenvalue weighted by Crippen LogP contribution is -2.48. The maximum Gasteiger partial charge on any atom is 0.273 e. The van der Waals surface area contributed by atoms with Gasteiger partial charge < -0.3 is 14.7 Å². The number of thiazole rings is 1. The van der Waals surface area contributed by atoms with Crippen molar-refractivity contribution < 1.29 is 9.59 Å². The van der Waals surface area contributed by atoms with E-state index in [1.165, 1.54) is 11.3 Å². The van der Waals surface area contributed by atoms with Crippen LogP contribution in [0.25, 0.3) is 0 Å². The van der Waals surface area contributed by atoms with Crippen molar-refractivity contribution >= 4 is 40.6 Å².